The largest absolute Gasteiger partial charge is 0.493 e. The summed E-state index contributed by atoms with van der Waals surface area (Å²) in [7, 11) is 1.68. The second-order valence-corrected chi connectivity index (χ2v) is 17.5. The van der Waals surface area contributed by atoms with Crippen molar-refractivity contribution in [3.8, 4) is 11.5 Å². The average molecular weight is 891 g/mol. The number of rotatable bonds is 15. The van der Waals surface area contributed by atoms with E-state index in [1.807, 2.05) is 0 Å². The van der Waals surface area contributed by atoms with E-state index in [1.165, 1.54) is 24.3 Å². The Hall–Kier alpha value is -3.46. The summed E-state index contributed by atoms with van der Waals surface area (Å²) in [6.45, 7) is 4.28. The molecule has 0 fully saturated rings. The van der Waals surface area contributed by atoms with Gasteiger partial charge in [-0.05, 0) is 62.4 Å². The van der Waals surface area contributed by atoms with E-state index in [9.17, 15) is 29.8 Å². The van der Waals surface area contributed by atoms with Crippen LogP contribution in [0.5, 0.6) is 11.5 Å². The molecule has 0 aromatic heterocycles. The maximum atomic E-state index is 13.7. The number of nitrogens with zero attached hydrogens (tertiary/aromatic N) is 2. The number of hydrogen-bond acceptors (Lipinski definition) is 10. The summed E-state index contributed by atoms with van der Waals surface area (Å²) in [5.41, 5.74) is -1.90. The third-order valence-electron chi connectivity index (χ3n) is 7.23. The highest BCUT2D eigenvalue weighted by Gasteiger charge is 2.39. The zero-order valence-electron chi connectivity index (χ0n) is 27.9. The molecule has 0 amide bonds. The number of nitro groups is 2. The Balaban J connectivity index is 1.83. The van der Waals surface area contributed by atoms with Gasteiger partial charge in [-0.25, -0.2) is 0 Å². The quantitative estimate of drug-likeness (QED) is 0.0283. The number of benzene rings is 4. The highest BCUT2D eigenvalue weighted by molar-refractivity contribution is 8.76. The fourth-order valence-corrected chi connectivity index (χ4v) is 9.04. The number of ketones is 2. The van der Waals surface area contributed by atoms with E-state index < -0.39 is 51.5 Å². The van der Waals surface area contributed by atoms with E-state index in [0.717, 1.165) is 45.9 Å². The number of halogens is 6. The number of nitro benzene ring substituents is 2. The van der Waals surface area contributed by atoms with Gasteiger partial charge in [0.25, 0.3) is 11.4 Å². The van der Waals surface area contributed by atoms with Crippen LogP contribution < -0.4 is 9.47 Å². The van der Waals surface area contributed by atoms with Crippen LogP contribution >= 0.6 is 91.2 Å². The minimum absolute atomic E-state index is 0.0750. The van der Waals surface area contributed by atoms with Crippen LogP contribution in [0, 0.1) is 20.2 Å². The number of para-hydroxylation sites is 2. The van der Waals surface area contributed by atoms with Crippen molar-refractivity contribution in [3.63, 3.8) is 0 Å². The standard InChI is InChI=1S/C36H26Cl6N2O8S2/c1-3-51-27-11-7-5-9-21(27)13-17-25(45)31-23(43(47)48)15-19-29(33(31)35(37,38)39)53-54-30-20-16-24(44(49)50)32(34(30)36(40,41)42)26(46)18-14-22-10-6-8-12-28(22)52-4-2/h5-20H,3-4H2,1-2H3. The van der Waals surface area contributed by atoms with Gasteiger partial charge >= 0.3 is 0 Å². The predicted octanol–water partition coefficient (Wildman–Crippen LogP) is 12.5. The lowest BCUT2D eigenvalue weighted by molar-refractivity contribution is -0.385. The lowest BCUT2D eigenvalue weighted by atomic mass is 10.0. The third-order valence-corrected chi connectivity index (χ3v) is 10.8. The molecule has 0 saturated carbocycles. The number of alkyl halides is 6. The second kappa shape index (κ2) is 18.9. The van der Waals surface area contributed by atoms with Gasteiger partial charge in [0, 0.05) is 44.2 Å². The lowest BCUT2D eigenvalue weighted by Crippen LogP contribution is -2.14. The Morgan fingerprint density at radius 3 is 1.30 bits per heavy atom. The Morgan fingerprint density at radius 1 is 0.630 bits per heavy atom. The molecule has 0 spiro atoms. The van der Waals surface area contributed by atoms with Gasteiger partial charge in [-0.3, -0.25) is 29.8 Å². The number of allylic oxidation sites excluding steroid dienone is 2. The molecule has 0 atom stereocenters. The Morgan fingerprint density at radius 2 is 0.981 bits per heavy atom. The van der Waals surface area contributed by atoms with Gasteiger partial charge < -0.3 is 9.47 Å². The van der Waals surface area contributed by atoms with Crippen LogP contribution in [0.15, 0.2) is 94.7 Å². The number of hydrogen-bond donors (Lipinski definition) is 0. The molecule has 4 aromatic rings. The van der Waals surface area contributed by atoms with E-state index in [0.29, 0.717) is 35.8 Å². The SMILES string of the molecule is CCOc1ccccc1C=CC(=O)c1c([N+](=O)[O-])ccc(SSc2ccc([N+](=O)[O-])c(C(=O)C=Cc3ccccc3OCC)c2C(Cl)(Cl)Cl)c1C(Cl)(Cl)Cl. The van der Waals surface area contributed by atoms with Crippen LogP contribution in [-0.2, 0) is 7.59 Å². The Labute approximate surface area is 347 Å². The summed E-state index contributed by atoms with van der Waals surface area (Å²) in [5, 5.41) is 24.3. The molecule has 4 rings (SSSR count). The van der Waals surface area contributed by atoms with Crippen molar-refractivity contribution in [2.75, 3.05) is 13.2 Å². The zero-order chi connectivity index (χ0) is 39.8. The normalized spacial score (nSPS) is 11.9. The maximum absolute atomic E-state index is 13.7. The molecule has 4 aromatic carbocycles. The van der Waals surface area contributed by atoms with Gasteiger partial charge in [0.05, 0.1) is 23.1 Å². The van der Waals surface area contributed by atoms with Gasteiger partial charge in [0.15, 0.2) is 11.6 Å². The molecule has 0 radical (unpaired) electrons. The van der Waals surface area contributed by atoms with Crippen molar-refractivity contribution in [1.29, 1.82) is 0 Å². The molecular formula is C36H26Cl6N2O8S2. The molecule has 282 valence electrons. The van der Waals surface area contributed by atoms with Crippen molar-refractivity contribution in [2.45, 2.75) is 31.2 Å². The summed E-state index contributed by atoms with van der Waals surface area (Å²) >= 11 is 38.3. The maximum Gasteiger partial charge on any atom is 0.281 e. The summed E-state index contributed by atoms with van der Waals surface area (Å²) in [6, 6.07) is 18.4. The van der Waals surface area contributed by atoms with Crippen LogP contribution in [0.3, 0.4) is 0 Å². The molecule has 0 N–H and O–H groups in total. The second-order valence-electron chi connectivity index (χ2n) is 10.7. The molecule has 54 heavy (non-hydrogen) atoms. The van der Waals surface area contributed by atoms with Crippen LogP contribution in [0.25, 0.3) is 12.2 Å². The first-order valence-electron chi connectivity index (χ1n) is 15.5. The molecule has 10 nitrogen and oxygen atoms in total. The Kier molecular flexibility index (Phi) is 15.2. The summed E-state index contributed by atoms with van der Waals surface area (Å²) in [4.78, 5) is 50.4. The van der Waals surface area contributed by atoms with Gasteiger partial charge in [-0.2, -0.15) is 0 Å². The van der Waals surface area contributed by atoms with Gasteiger partial charge in [0.2, 0.25) is 7.59 Å². The number of ether oxygens (including phenoxy) is 2. The predicted molar refractivity (Wildman–Crippen MR) is 218 cm³/mol. The van der Waals surface area contributed by atoms with Crippen molar-refractivity contribution in [1.82, 2.24) is 0 Å². The minimum atomic E-state index is -2.38. The van der Waals surface area contributed by atoms with Crippen LogP contribution in [0.2, 0.25) is 0 Å². The van der Waals surface area contributed by atoms with E-state index in [1.54, 1.807) is 62.4 Å². The van der Waals surface area contributed by atoms with E-state index in [-0.39, 0.29) is 20.9 Å². The average Bonchev–Trinajstić information content (AvgIpc) is 3.11. The van der Waals surface area contributed by atoms with Crippen molar-refractivity contribution in [2.24, 2.45) is 0 Å². The Bertz CT molecular complexity index is 2000. The first kappa shape index (κ1) is 43.3. The molecule has 0 aliphatic carbocycles. The highest BCUT2D eigenvalue weighted by atomic mass is 35.6. The first-order valence-corrected chi connectivity index (χ1v) is 19.9. The molecule has 0 saturated heterocycles. The van der Waals surface area contributed by atoms with Crippen LogP contribution in [-0.4, -0.2) is 34.6 Å². The van der Waals surface area contributed by atoms with Crippen LogP contribution in [0.1, 0.15) is 56.8 Å². The van der Waals surface area contributed by atoms with E-state index >= 15 is 0 Å². The monoisotopic (exact) mass is 888 g/mol. The van der Waals surface area contributed by atoms with Crippen molar-refractivity contribution in [3.05, 3.63) is 139 Å². The summed E-state index contributed by atoms with van der Waals surface area (Å²) < 4.78 is 6.43. The number of carbonyl (C=O) groups excluding carboxylic acids is 2. The third kappa shape index (κ3) is 10.6. The zero-order valence-corrected chi connectivity index (χ0v) is 34.1. The molecule has 0 aliphatic heterocycles. The molecule has 0 unspecified atom stereocenters. The fraction of sp³-hybridized carbons (Fsp3) is 0.167. The summed E-state index contributed by atoms with van der Waals surface area (Å²) in [6.07, 6.45) is 5.02. The van der Waals surface area contributed by atoms with E-state index in [2.05, 4.69) is 0 Å². The minimum Gasteiger partial charge on any atom is -0.493 e. The van der Waals surface area contributed by atoms with Gasteiger partial charge in [0.1, 0.15) is 22.6 Å². The van der Waals surface area contributed by atoms with Gasteiger partial charge in [-0.1, -0.05) is 128 Å². The summed E-state index contributed by atoms with van der Waals surface area (Å²) in [5.74, 6) is -0.774. The molecule has 18 heteroatoms. The molecule has 0 heterocycles. The highest BCUT2D eigenvalue weighted by Crippen LogP contribution is 2.54. The number of carbonyl (C=O) groups is 2. The topological polar surface area (TPSA) is 139 Å². The smallest absolute Gasteiger partial charge is 0.281 e. The fourth-order valence-electron chi connectivity index (χ4n) is 5.05. The first-order chi connectivity index (χ1) is 25.5. The molecule has 0 bridgehead atoms. The molecule has 0 aliphatic rings. The molecular weight excluding hydrogens is 865 g/mol. The van der Waals surface area contributed by atoms with Crippen molar-refractivity contribution < 1.29 is 28.9 Å². The lowest BCUT2D eigenvalue weighted by Gasteiger charge is -2.21. The van der Waals surface area contributed by atoms with Crippen LogP contribution in [0.4, 0.5) is 11.4 Å². The van der Waals surface area contributed by atoms with E-state index in [4.69, 9.17) is 79.1 Å². The van der Waals surface area contributed by atoms with Gasteiger partial charge in [-0.15, -0.1) is 0 Å². The van der Waals surface area contributed by atoms with Crippen molar-refractivity contribution >= 4 is 126 Å².